The monoisotopic (exact) mass is 321 g/mol. The molecule has 2 aromatic rings. The number of carbonyl (C=O) groups is 1. The lowest BCUT2D eigenvalue weighted by atomic mass is 10.1. The molecule has 22 heavy (non-hydrogen) atoms. The van der Waals surface area contributed by atoms with Crippen LogP contribution >= 0.6 is 0 Å². The maximum atomic E-state index is 12.9. The Labute approximate surface area is 128 Å². The molecule has 1 aliphatic rings. The van der Waals surface area contributed by atoms with E-state index >= 15 is 0 Å². The fourth-order valence-corrected chi connectivity index (χ4v) is 4.69. The highest BCUT2D eigenvalue weighted by Crippen LogP contribution is 2.37. The Morgan fingerprint density at radius 1 is 1.36 bits per heavy atom. The average molecular weight is 321 g/mol. The van der Waals surface area contributed by atoms with Crippen molar-refractivity contribution in [3.8, 4) is 0 Å². The smallest absolute Gasteiger partial charge is 0.371 e. The van der Waals surface area contributed by atoms with Gasteiger partial charge in [-0.2, -0.15) is 0 Å². The number of furan rings is 1. The minimum Gasteiger partial charge on any atom is -0.475 e. The van der Waals surface area contributed by atoms with Crippen LogP contribution in [-0.2, 0) is 16.4 Å². The van der Waals surface area contributed by atoms with Gasteiger partial charge in [0, 0.05) is 12.1 Å². The number of nitrogens with zero attached hydrogens (tertiary/aromatic N) is 1. The van der Waals surface area contributed by atoms with E-state index in [1.165, 1.54) is 11.2 Å². The molecule has 2 heterocycles. The standard InChI is InChI=1S/C15H15NO5S/c1-9-7-11-5-3-4-6-12(11)16(9)22(19,20)14-8-13(15(17)18)21-10(14)2/h3-6,8-9H,7H2,1-2H3,(H,17,18)/t9-/m1/s1. The molecule has 1 aromatic heterocycles. The first-order chi connectivity index (χ1) is 10.3. The first-order valence-corrected chi connectivity index (χ1v) is 8.22. The van der Waals surface area contributed by atoms with Gasteiger partial charge in [-0.1, -0.05) is 18.2 Å². The zero-order valence-corrected chi connectivity index (χ0v) is 12.9. The van der Waals surface area contributed by atoms with Crippen LogP contribution in [-0.4, -0.2) is 25.5 Å². The van der Waals surface area contributed by atoms with Crippen molar-refractivity contribution in [3.05, 3.63) is 47.4 Å². The van der Waals surface area contributed by atoms with Gasteiger partial charge in [0.15, 0.2) is 0 Å². The normalized spacial score (nSPS) is 17.5. The summed E-state index contributed by atoms with van der Waals surface area (Å²) in [6.07, 6.45) is 0.623. The highest BCUT2D eigenvalue weighted by molar-refractivity contribution is 7.93. The van der Waals surface area contributed by atoms with Gasteiger partial charge in [0.2, 0.25) is 5.76 Å². The molecule has 1 aliphatic heterocycles. The lowest BCUT2D eigenvalue weighted by Crippen LogP contribution is -2.35. The highest BCUT2D eigenvalue weighted by atomic mass is 32.2. The number of sulfonamides is 1. The number of para-hydroxylation sites is 1. The number of rotatable bonds is 3. The summed E-state index contributed by atoms with van der Waals surface area (Å²) in [6, 6.07) is 8.14. The Morgan fingerprint density at radius 2 is 2.05 bits per heavy atom. The summed E-state index contributed by atoms with van der Waals surface area (Å²) in [7, 11) is -3.87. The maximum absolute atomic E-state index is 12.9. The van der Waals surface area contributed by atoms with E-state index in [0.29, 0.717) is 12.1 Å². The van der Waals surface area contributed by atoms with E-state index in [9.17, 15) is 13.2 Å². The molecule has 0 bridgehead atoms. The Kier molecular flexibility index (Phi) is 3.25. The molecule has 3 rings (SSSR count). The molecule has 6 nitrogen and oxygen atoms in total. The van der Waals surface area contributed by atoms with Crippen molar-refractivity contribution in [3.63, 3.8) is 0 Å². The van der Waals surface area contributed by atoms with Crippen LogP contribution in [0.25, 0.3) is 0 Å². The lowest BCUT2D eigenvalue weighted by molar-refractivity contribution is 0.0661. The van der Waals surface area contributed by atoms with Crippen LogP contribution in [0.5, 0.6) is 0 Å². The fraction of sp³-hybridized carbons (Fsp3) is 0.267. The second-order valence-electron chi connectivity index (χ2n) is 5.32. The van der Waals surface area contributed by atoms with Crippen molar-refractivity contribution in [2.24, 2.45) is 0 Å². The number of aryl methyl sites for hydroxylation is 1. The molecule has 0 fully saturated rings. The SMILES string of the molecule is Cc1oc(C(=O)O)cc1S(=O)(=O)N1c2ccccc2C[C@H]1C. The maximum Gasteiger partial charge on any atom is 0.371 e. The van der Waals surface area contributed by atoms with Crippen LogP contribution in [0.15, 0.2) is 39.6 Å². The summed E-state index contributed by atoms with van der Waals surface area (Å²) in [5, 5.41) is 8.96. The van der Waals surface area contributed by atoms with Gasteiger partial charge in [-0.05, 0) is 31.9 Å². The van der Waals surface area contributed by atoms with Crippen molar-refractivity contribution in [2.45, 2.75) is 31.2 Å². The minimum absolute atomic E-state index is 0.0778. The molecule has 1 aromatic carbocycles. The van der Waals surface area contributed by atoms with Gasteiger partial charge in [0.1, 0.15) is 10.7 Å². The van der Waals surface area contributed by atoms with Crippen LogP contribution in [0.4, 0.5) is 5.69 Å². The Balaban J connectivity index is 2.13. The molecule has 0 radical (unpaired) electrons. The van der Waals surface area contributed by atoms with Crippen molar-refractivity contribution >= 4 is 21.7 Å². The molecule has 0 unspecified atom stereocenters. The largest absolute Gasteiger partial charge is 0.475 e. The van der Waals surface area contributed by atoms with Crippen molar-refractivity contribution in [1.29, 1.82) is 0 Å². The van der Waals surface area contributed by atoms with Crippen LogP contribution in [0.3, 0.4) is 0 Å². The minimum atomic E-state index is -3.87. The molecule has 0 saturated heterocycles. The summed E-state index contributed by atoms with van der Waals surface area (Å²) in [6.45, 7) is 3.27. The van der Waals surface area contributed by atoms with Gasteiger partial charge in [0.25, 0.3) is 10.0 Å². The topological polar surface area (TPSA) is 87.8 Å². The predicted octanol–water partition coefficient (Wildman–Crippen LogP) is 2.43. The third-order valence-electron chi connectivity index (χ3n) is 3.76. The summed E-state index contributed by atoms with van der Waals surface area (Å²) in [5.74, 6) is -1.59. The molecular weight excluding hydrogens is 306 g/mol. The van der Waals surface area contributed by atoms with Gasteiger partial charge in [-0.3, -0.25) is 4.31 Å². The molecule has 0 aliphatic carbocycles. The van der Waals surface area contributed by atoms with E-state index in [1.807, 2.05) is 19.1 Å². The third-order valence-corrected chi connectivity index (χ3v) is 5.80. The second-order valence-corrected chi connectivity index (χ2v) is 7.10. The van der Waals surface area contributed by atoms with Gasteiger partial charge < -0.3 is 9.52 Å². The Hall–Kier alpha value is -2.28. The number of hydrogen-bond acceptors (Lipinski definition) is 4. The summed E-state index contributed by atoms with van der Waals surface area (Å²) in [4.78, 5) is 10.9. The summed E-state index contributed by atoms with van der Waals surface area (Å²) in [5.41, 5.74) is 1.59. The number of benzene rings is 1. The molecule has 0 spiro atoms. The van der Waals surface area contributed by atoms with Gasteiger partial charge in [-0.15, -0.1) is 0 Å². The third kappa shape index (κ3) is 2.09. The van der Waals surface area contributed by atoms with Gasteiger partial charge in [-0.25, -0.2) is 13.2 Å². The zero-order chi connectivity index (χ0) is 16.1. The quantitative estimate of drug-likeness (QED) is 0.938. The van der Waals surface area contributed by atoms with Crippen LogP contribution in [0.2, 0.25) is 0 Å². The van der Waals surface area contributed by atoms with Crippen LogP contribution in [0.1, 0.15) is 28.8 Å². The molecule has 7 heteroatoms. The average Bonchev–Trinajstić information content (AvgIpc) is 2.98. The van der Waals surface area contributed by atoms with Gasteiger partial charge in [0.05, 0.1) is 5.69 Å². The van der Waals surface area contributed by atoms with Gasteiger partial charge >= 0.3 is 5.97 Å². The van der Waals surface area contributed by atoms with E-state index in [4.69, 9.17) is 9.52 Å². The Bertz CT molecular complexity index is 853. The van der Waals surface area contributed by atoms with E-state index in [-0.39, 0.29) is 22.5 Å². The number of aromatic carboxylic acids is 1. The molecular formula is C15H15NO5S. The molecule has 0 saturated carbocycles. The van der Waals surface area contributed by atoms with E-state index in [0.717, 1.165) is 11.6 Å². The highest BCUT2D eigenvalue weighted by Gasteiger charge is 2.38. The van der Waals surface area contributed by atoms with E-state index < -0.39 is 16.0 Å². The first-order valence-electron chi connectivity index (χ1n) is 6.78. The molecule has 1 atom stereocenters. The Morgan fingerprint density at radius 3 is 2.68 bits per heavy atom. The number of fused-ring (bicyclic) bond motifs is 1. The van der Waals surface area contributed by atoms with Crippen molar-refractivity contribution in [2.75, 3.05) is 4.31 Å². The van der Waals surface area contributed by atoms with E-state index in [2.05, 4.69) is 0 Å². The van der Waals surface area contributed by atoms with Crippen molar-refractivity contribution in [1.82, 2.24) is 0 Å². The van der Waals surface area contributed by atoms with Crippen LogP contribution < -0.4 is 4.31 Å². The number of hydrogen-bond donors (Lipinski definition) is 1. The predicted molar refractivity (Wildman–Crippen MR) is 79.7 cm³/mol. The zero-order valence-electron chi connectivity index (χ0n) is 12.1. The van der Waals surface area contributed by atoms with E-state index in [1.54, 1.807) is 12.1 Å². The van der Waals surface area contributed by atoms with Crippen LogP contribution in [0, 0.1) is 6.92 Å². The molecule has 116 valence electrons. The second kappa shape index (κ2) is 4.88. The molecule has 1 N–H and O–H groups in total. The lowest BCUT2D eigenvalue weighted by Gasteiger charge is -2.23. The summed E-state index contributed by atoms with van der Waals surface area (Å²) < 4.78 is 32.3. The number of carboxylic acids is 1. The number of carboxylic acid groups (broad SMARTS) is 1. The number of anilines is 1. The van der Waals surface area contributed by atoms with Crippen molar-refractivity contribution < 1.29 is 22.7 Å². The molecule has 0 amide bonds. The summed E-state index contributed by atoms with van der Waals surface area (Å²) >= 11 is 0. The fourth-order valence-electron chi connectivity index (χ4n) is 2.84. The first kappa shape index (κ1) is 14.6.